The molecule has 0 aromatic rings. The lowest BCUT2D eigenvalue weighted by Gasteiger charge is -2.29. The predicted molar refractivity (Wildman–Crippen MR) is 37.4 cm³/mol. The normalized spacial score (nSPS) is 32.4. The number of likely N-dealkylation sites (N-methyl/N-ethyl adjacent to an activating group) is 1. The molecule has 1 aliphatic rings. The second-order valence-electron chi connectivity index (χ2n) is 2.14. The van der Waals surface area contributed by atoms with E-state index >= 15 is 0 Å². The van der Waals surface area contributed by atoms with Gasteiger partial charge in [0.1, 0.15) is 0 Å². The third kappa shape index (κ3) is 0.833. The Balaban J connectivity index is 2.55. The average Bonchev–Trinajstić information content (AvgIpc) is 1.87. The topological polar surface area (TPSA) is 61.9 Å². The Bertz CT molecular complexity index is 150. The summed E-state index contributed by atoms with van der Waals surface area (Å²) in [6.07, 6.45) is 3.32. The molecule has 0 saturated carbocycles. The molecule has 0 fully saturated rings. The molecule has 4 N–H and O–H groups in total. The summed E-state index contributed by atoms with van der Waals surface area (Å²) in [5.41, 5.74) is 6.65. The maximum absolute atomic E-state index is 6.88. The summed E-state index contributed by atoms with van der Waals surface area (Å²) in [5, 5.41) is 9.83. The number of nitrogens with two attached hydrogens (primary N) is 1. The summed E-state index contributed by atoms with van der Waals surface area (Å²) < 4.78 is 0. The van der Waals surface area contributed by atoms with Crippen LogP contribution in [0.25, 0.3) is 0 Å². The fraction of sp³-hybridized carbons (Fsp3) is 0.500. The molecule has 0 aromatic heterocycles. The molecule has 0 amide bonds. The summed E-state index contributed by atoms with van der Waals surface area (Å²) in [4.78, 5) is 0. The molecule has 0 spiro atoms. The molecule has 0 aliphatic heterocycles. The van der Waals surface area contributed by atoms with Gasteiger partial charge in [0.2, 0.25) is 0 Å². The second-order valence-corrected chi connectivity index (χ2v) is 2.14. The molecular weight excluding hydrogens is 114 g/mol. The van der Waals surface area contributed by atoms with Crippen LogP contribution in [-0.2, 0) is 0 Å². The van der Waals surface area contributed by atoms with E-state index in [9.17, 15) is 0 Å². The van der Waals surface area contributed by atoms with Gasteiger partial charge in [0.05, 0.1) is 6.04 Å². The smallest absolute Gasteiger partial charge is 0.0555 e. The van der Waals surface area contributed by atoms with Gasteiger partial charge in [0.15, 0.2) is 0 Å². The van der Waals surface area contributed by atoms with Gasteiger partial charge in [-0.2, -0.15) is 0 Å². The van der Waals surface area contributed by atoms with Gasteiger partial charge in [-0.15, -0.1) is 0 Å². The minimum atomic E-state index is 0.0347. The summed E-state index contributed by atoms with van der Waals surface area (Å²) in [6, 6.07) is 0.0347. The SMILES string of the molecule is CNC1=CC(C=N)[C@@H]1N. The lowest BCUT2D eigenvalue weighted by Crippen LogP contribution is -2.44. The number of rotatable bonds is 2. The van der Waals surface area contributed by atoms with Crippen molar-refractivity contribution in [3.63, 3.8) is 0 Å². The van der Waals surface area contributed by atoms with Crippen molar-refractivity contribution in [2.75, 3.05) is 7.05 Å². The summed E-state index contributed by atoms with van der Waals surface area (Å²) in [7, 11) is 1.84. The second kappa shape index (κ2) is 2.19. The van der Waals surface area contributed by atoms with E-state index in [0.29, 0.717) is 0 Å². The largest absolute Gasteiger partial charge is 0.390 e. The minimum absolute atomic E-state index is 0.0347. The molecule has 0 aromatic carbocycles. The molecule has 0 saturated heterocycles. The lowest BCUT2D eigenvalue weighted by atomic mass is 9.87. The molecule has 9 heavy (non-hydrogen) atoms. The Morgan fingerprint density at radius 3 is 2.89 bits per heavy atom. The fourth-order valence-corrected chi connectivity index (χ4v) is 0.913. The van der Waals surface area contributed by atoms with E-state index in [1.54, 1.807) is 0 Å². The van der Waals surface area contributed by atoms with E-state index in [4.69, 9.17) is 11.1 Å². The van der Waals surface area contributed by atoms with Crippen LogP contribution in [0.15, 0.2) is 11.8 Å². The van der Waals surface area contributed by atoms with Gasteiger partial charge >= 0.3 is 0 Å². The highest BCUT2D eigenvalue weighted by Crippen LogP contribution is 2.19. The van der Waals surface area contributed by atoms with Gasteiger partial charge in [-0.3, -0.25) is 0 Å². The van der Waals surface area contributed by atoms with Crippen molar-refractivity contribution in [2.24, 2.45) is 11.7 Å². The highest BCUT2D eigenvalue weighted by molar-refractivity contribution is 5.65. The van der Waals surface area contributed by atoms with E-state index in [-0.39, 0.29) is 12.0 Å². The van der Waals surface area contributed by atoms with Gasteiger partial charge in [0, 0.05) is 24.9 Å². The van der Waals surface area contributed by atoms with Crippen molar-refractivity contribution in [3.8, 4) is 0 Å². The maximum Gasteiger partial charge on any atom is 0.0555 e. The van der Waals surface area contributed by atoms with E-state index in [1.165, 1.54) is 6.21 Å². The first-order valence-corrected chi connectivity index (χ1v) is 2.95. The van der Waals surface area contributed by atoms with Gasteiger partial charge < -0.3 is 16.5 Å². The highest BCUT2D eigenvalue weighted by Gasteiger charge is 2.25. The van der Waals surface area contributed by atoms with Gasteiger partial charge in [0.25, 0.3) is 0 Å². The van der Waals surface area contributed by atoms with E-state index in [2.05, 4.69) is 5.32 Å². The molecule has 1 aliphatic carbocycles. The molecule has 0 radical (unpaired) electrons. The first-order valence-electron chi connectivity index (χ1n) is 2.95. The third-order valence-electron chi connectivity index (χ3n) is 1.63. The van der Waals surface area contributed by atoms with Gasteiger partial charge in [-0.05, 0) is 0 Å². The maximum atomic E-state index is 6.88. The Hall–Kier alpha value is -0.830. The van der Waals surface area contributed by atoms with E-state index in [0.717, 1.165) is 5.70 Å². The van der Waals surface area contributed by atoms with Crippen molar-refractivity contribution in [3.05, 3.63) is 11.8 Å². The third-order valence-corrected chi connectivity index (χ3v) is 1.63. The summed E-state index contributed by atoms with van der Waals surface area (Å²) in [6.45, 7) is 0. The summed E-state index contributed by atoms with van der Waals surface area (Å²) >= 11 is 0. The molecule has 3 nitrogen and oxygen atoms in total. The number of hydrogen-bond acceptors (Lipinski definition) is 3. The predicted octanol–water partition coefficient (Wildman–Crippen LogP) is -0.304. The Kier molecular flexibility index (Phi) is 1.53. The van der Waals surface area contributed by atoms with Crippen LogP contribution in [0.2, 0.25) is 0 Å². The zero-order valence-corrected chi connectivity index (χ0v) is 5.39. The van der Waals surface area contributed by atoms with Crippen LogP contribution in [0.3, 0.4) is 0 Å². The van der Waals surface area contributed by atoms with Crippen LogP contribution in [-0.4, -0.2) is 19.3 Å². The first-order chi connectivity index (χ1) is 4.29. The monoisotopic (exact) mass is 125 g/mol. The Labute approximate surface area is 54.4 Å². The van der Waals surface area contributed by atoms with Crippen LogP contribution >= 0.6 is 0 Å². The molecule has 0 bridgehead atoms. The van der Waals surface area contributed by atoms with E-state index < -0.39 is 0 Å². The Morgan fingerprint density at radius 1 is 1.89 bits per heavy atom. The fourth-order valence-electron chi connectivity index (χ4n) is 0.913. The summed E-state index contributed by atoms with van der Waals surface area (Å²) in [5.74, 6) is 0.160. The van der Waals surface area contributed by atoms with Crippen molar-refractivity contribution >= 4 is 6.21 Å². The molecule has 50 valence electrons. The Morgan fingerprint density at radius 2 is 2.56 bits per heavy atom. The number of nitrogens with one attached hydrogen (secondary N) is 2. The number of hydrogen-bond donors (Lipinski definition) is 3. The van der Waals surface area contributed by atoms with Crippen LogP contribution in [0.1, 0.15) is 0 Å². The minimum Gasteiger partial charge on any atom is -0.390 e. The molecule has 2 atom stereocenters. The van der Waals surface area contributed by atoms with Crippen molar-refractivity contribution < 1.29 is 0 Å². The van der Waals surface area contributed by atoms with Crippen LogP contribution in [0.4, 0.5) is 0 Å². The lowest BCUT2D eigenvalue weighted by molar-refractivity contribution is 0.578. The van der Waals surface area contributed by atoms with Crippen molar-refractivity contribution in [1.29, 1.82) is 5.41 Å². The van der Waals surface area contributed by atoms with Crippen molar-refractivity contribution in [1.82, 2.24) is 5.32 Å². The molecular formula is C6H11N3. The van der Waals surface area contributed by atoms with Crippen molar-refractivity contribution in [2.45, 2.75) is 6.04 Å². The molecule has 3 heteroatoms. The highest BCUT2D eigenvalue weighted by atomic mass is 14.9. The molecule has 1 rings (SSSR count). The van der Waals surface area contributed by atoms with Gasteiger partial charge in [-0.25, -0.2) is 0 Å². The standard InChI is InChI=1S/C6H11N3/c1-9-5-2-4(3-7)6(5)8/h2-4,6-7,9H,8H2,1H3/t4?,6-/m0/s1. The molecule has 1 unspecified atom stereocenters. The zero-order valence-electron chi connectivity index (χ0n) is 5.39. The average molecular weight is 125 g/mol. The van der Waals surface area contributed by atoms with Crippen LogP contribution in [0, 0.1) is 11.3 Å². The van der Waals surface area contributed by atoms with E-state index in [1.807, 2.05) is 13.1 Å². The van der Waals surface area contributed by atoms with Crippen LogP contribution < -0.4 is 11.1 Å². The van der Waals surface area contributed by atoms with Gasteiger partial charge in [-0.1, -0.05) is 6.08 Å². The molecule has 0 heterocycles. The van der Waals surface area contributed by atoms with Crippen LogP contribution in [0.5, 0.6) is 0 Å². The quantitative estimate of drug-likeness (QED) is 0.443. The first kappa shape index (κ1) is 6.29. The zero-order chi connectivity index (χ0) is 6.85.